The van der Waals surface area contributed by atoms with Crippen molar-refractivity contribution in [2.75, 3.05) is 0 Å². The van der Waals surface area contributed by atoms with Crippen molar-refractivity contribution in [1.29, 1.82) is 0 Å². The van der Waals surface area contributed by atoms with Crippen molar-refractivity contribution < 1.29 is 20.4 Å². The SMILES string of the molecule is CC(C)[C@H]1CC[C@@H](C)[C@@]23CC[C@](C)(O)[C@@H]2[C@@H]13.CC(C)[C@H]1CC[C@@H](C)[C@@]23CC[C@](C)(O)[C@@H]2[C@@H]13.CC(C)[C@H]1CC[C@@H](C)[C@@]23CC[C@](C)(O)[C@@H]2[C@@H]13.CC(C)[C@H]1CC[C@@H](C)[C@@]23CC[C@](C)(O)[C@@H]2[C@@H]13. The Morgan fingerprint density at radius 1 is 0.297 bits per heavy atom. The molecule has 64 heavy (non-hydrogen) atoms. The second kappa shape index (κ2) is 15.7. The van der Waals surface area contributed by atoms with E-state index < -0.39 is 0 Å². The Labute approximate surface area is 394 Å². The van der Waals surface area contributed by atoms with Crippen molar-refractivity contribution in [3.05, 3.63) is 0 Å². The van der Waals surface area contributed by atoms with Crippen LogP contribution in [0.2, 0.25) is 0 Å². The van der Waals surface area contributed by atoms with Gasteiger partial charge in [0.25, 0.3) is 0 Å². The van der Waals surface area contributed by atoms with Crippen LogP contribution in [0.4, 0.5) is 0 Å². The fourth-order valence-corrected chi connectivity index (χ4v) is 22.3. The summed E-state index contributed by atoms with van der Waals surface area (Å²) >= 11 is 0. The third kappa shape index (κ3) is 6.77. The molecule has 0 aliphatic heterocycles. The van der Waals surface area contributed by atoms with E-state index in [4.69, 9.17) is 0 Å². The van der Waals surface area contributed by atoms with Gasteiger partial charge in [0.2, 0.25) is 0 Å². The summed E-state index contributed by atoms with van der Waals surface area (Å²) in [5.41, 5.74) is 0.806. The minimum absolute atomic E-state index is 0.351. The summed E-state index contributed by atoms with van der Waals surface area (Å²) in [4.78, 5) is 0. The quantitative estimate of drug-likeness (QED) is 0.227. The van der Waals surface area contributed by atoms with Gasteiger partial charge in [-0.15, -0.1) is 0 Å². The minimum Gasteiger partial charge on any atom is -0.390 e. The zero-order valence-corrected chi connectivity index (χ0v) is 44.6. The van der Waals surface area contributed by atoms with Crippen molar-refractivity contribution in [2.24, 2.45) is 140 Å². The molecule has 0 heterocycles. The van der Waals surface area contributed by atoms with Gasteiger partial charge in [-0.05, 0) is 270 Å². The third-order valence-electron chi connectivity index (χ3n) is 25.4. The van der Waals surface area contributed by atoms with Gasteiger partial charge >= 0.3 is 0 Å². The molecular formula is C60H104O4. The predicted octanol–water partition coefficient (Wildman–Crippen LogP) is 13.9. The normalized spacial score (nSPS) is 59.6. The molecule has 12 aliphatic rings. The minimum atomic E-state index is -0.351. The Morgan fingerprint density at radius 3 is 0.625 bits per heavy atom. The van der Waals surface area contributed by atoms with Gasteiger partial charge in [-0.3, -0.25) is 0 Å². The fourth-order valence-electron chi connectivity index (χ4n) is 22.3. The Morgan fingerprint density at radius 2 is 0.469 bits per heavy atom. The van der Waals surface area contributed by atoms with Crippen molar-refractivity contribution in [3.8, 4) is 0 Å². The van der Waals surface area contributed by atoms with Gasteiger partial charge in [0.1, 0.15) is 0 Å². The highest BCUT2D eigenvalue weighted by molar-refractivity contribution is 5.29. The first-order valence-electron chi connectivity index (χ1n) is 28.5. The molecule has 368 valence electrons. The summed E-state index contributed by atoms with van der Waals surface area (Å²) in [5.74, 6) is 16.1. The molecule has 0 aromatic heterocycles. The second-order valence-corrected chi connectivity index (χ2v) is 29.4. The van der Waals surface area contributed by atoms with Crippen LogP contribution >= 0.6 is 0 Å². The highest BCUT2D eigenvalue weighted by atomic mass is 16.3. The van der Waals surface area contributed by atoms with Gasteiger partial charge in [0, 0.05) is 0 Å². The molecule has 4 heteroatoms. The van der Waals surface area contributed by atoms with E-state index in [0.717, 1.165) is 120 Å². The maximum Gasteiger partial charge on any atom is 0.0656 e. The van der Waals surface area contributed by atoms with E-state index >= 15 is 0 Å². The molecule has 0 radical (unpaired) electrons. The summed E-state index contributed by atoms with van der Waals surface area (Å²) < 4.78 is 0. The number of rotatable bonds is 4. The van der Waals surface area contributed by atoms with E-state index in [1.807, 2.05) is 0 Å². The summed E-state index contributed by atoms with van der Waals surface area (Å²) in [5, 5.41) is 42.2. The van der Waals surface area contributed by atoms with E-state index in [1.165, 1.54) is 77.0 Å². The van der Waals surface area contributed by atoms with Crippen LogP contribution in [0.25, 0.3) is 0 Å². The average Bonchev–Trinajstić information content (AvgIpc) is 4.13. The molecule has 0 unspecified atom stereocenters. The molecule has 4 spiro atoms. The lowest BCUT2D eigenvalue weighted by atomic mass is 9.69. The standard InChI is InChI=1S/4C15H26O/c4*1-9(2)11-6-5-10(3)15-8-7-14(4,16)13(15)12(11)15/h4*9-13,16H,5-8H2,1-4H3/t4*10-,11-,12-,13+,14+,15-/m1111/s1. The Balaban J connectivity index is 0.000000108. The van der Waals surface area contributed by atoms with Crippen LogP contribution < -0.4 is 0 Å². The Kier molecular flexibility index (Phi) is 12.0. The van der Waals surface area contributed by atoms with E-state index in [1.54, 1.807) is 0 Å². The third-order valence-corrected chi connectivity index (χ3v) is 25.4. The van der Waals surface area contributed by atoms with Crippen molar-refractivity contribution in [2.45, 2.75) is 236 Å². The highest BCUT2D eigenvalue weighted by Gasteiger charge is 2.81. The molecule has 0 bridgehead atoms. The van der Waals surface area contributed by atoms with Crippen molar-refractivity contribution in [3.63, 3.8) is 0 Å². The zero-order chi connectivity index (χ0) is 46.9. The maximum absolute atomic E-state index is 10.5. The molecule has 0 aromatic rings. The van der Waals surface area contributed by atoms with E-state index in [9.17, 15) is 20.4 Å². The highest BCUT2D eigenvalue weighted by Crippen LogP contribution is 2.83. The first kappa shape index (κ1) is 48.8. The molecule has 4 N–H and O–H groups in total. The van der Waals surface area contributed by atoms with Crippen LogP contribution in [-0.2, 0) is 0 Å². The molecule has 12 aliphatic carbocycles. The monoisotopic (exact) mass is 889 g/mol. The summed E-state index contributed by atoms with van der Waals surface area (Å²) in [7, 11) is 0. The molecule has 24 atom stereocenters. The molecule has 0 amide bonds. The zero-order valence-electron chi connectivity index (χ0n) is 44.6. The van der Waals surface area contributed by atoms with Gasteiger partial charge in [0.15, 0.2) is 0 Å². The number of fused-ring (bicyclic) bond motifs is 4. The molecule has 0 aromatic carbocycles. The first-order chi connectivity index (χ1) is 29.6. The second-order valence-electron chi connectivity index (χ2n) is 29.4. The van der Waals surface area contributed by atoms with Crippen LogP contribution in [0.3, 0.4) is 0 Å². The molecule has 12 fully saturated rings. The van der Waals surface area contributed by atoms with E-state index in [0.29, 0.717) is 45.3 Å². The van der Waals surface area contributed by atoms with Crippen molar-refractivity contribution >= 4 is 0 Å². The Bertz CT molecular complexity index is 1470. The van der Waals surface area contributed by atoms with Crippen LogP contribution in [0.15, 0.2) is 0 Å². The van der Waals surface area contributed by atoms with Gasteiger partial charge in [-0.1, -0.05) is 83.1 Å². The molecule has 0 saturated heterocycles. The van der Waals surface area contributed by atoms with Crippen LogP contribution in [0.5, 0.6) is 0 Å². The predicted molar refractivity (Wildman–Crippen MR) is 264 cm³/mol. The lowest BCUT2D eigenvalue weighted by molar-refractivity contribution is 0.0286. The van der Waals surface area contributed by atoms with Gasteiger partial charge in [-0.2, -0.15) is 0 Å². The smallest absolute Gasteiger partial charge is 0.0656 e. The van der Waals surface area contributed by atoms with Crippen LogP contribution in [0, 0.1) is 140 Å². The number of hydrogen-bond donors (Lipinski definition) is 4. The first-order valence-corrected chi connectivity index (χ1v) is 28.5. The summed E-state index contributed by atoms with van der Waals surface area (Å²) in [6, 6.07) is 0. The Hall–Kier alpha value is -0.160. The summed E-state index contributed by atoms with van der Waals surface area (Å²) in [6.07, 6.45) is 20.5. The number of hydrogen-bond acceptors (Lipinski definition) is 4. The molecule has 4 nitrogen and oxygen atoms in total. The lowest BCUT2D eigenvalue weighted by Crippen LogP contribution is -2.30. The van der Waals surface area contributed by atoms with Gasteiger partial charge in [-0.25, -0.2) is 0 Å². The molecule has 12 saturated carbocycles. The van der Waals surface area contributed by atoms with Gasteiger partial charge < -0.3 is 20.4 Å². The van der Waals surface area contributed by atoms with E-state index in [-0.39, 0.29) is 22.4 Å². The van der Waals surface area contributed by atoms with Crippen LogP contribution in [-0.4, -0.2) is 42.8 Å². The van der Waals surface area contributed by atoms with Crippen molar-refractivity contribution in [1.82, 2.24) is 0 Å². The number of aliphatic hydroxyl groups is 4. The largest absolute Gasteiger partial charge is 0.390 e. The van der Waals surface area contributed by atoms with E-state index in [2.05, 4.69) is 111 Å². The fraction of sp³-hybridized carbons (Fsp3) is 1.00. The maximum atomic E-state index is 10.5. The van der Waals surface area contributed by atoms with Crippen LogP contribution in [0.1, 0.15) is 214 Å². The average molecular weight is 889 g/mol. The lowest BCUT2D eigenvalue weighted by Gasteiger charge is -2.36. The molecular weight excluding hydrogens is 785 g/mol. The van der Waals surface area contributed by atoms with Gasteiger partial charge in [0.05, 0.1) is 22.4 Å². The topological polar surface area (TPSA) is 80.9 Å². The molecule has 12 rings (SSSR count). The summed E-state index contributed by atoms with van der Waals surface area (Å²) in [6.45, 7) is 37.1.